The SMILES string of the molecule is O=S(=O)(O)O.O=S(=O)(O)O.O=S(=O)(O)O.O=S(=O)(O)O.O=S(=O)(O)O.O=S(=O)(O)O.OCC(CO)(CO)COCC(CO)(CO)CO. The second kappa shape index (κ2) is 27.7. The zero-order valence-electron chi connectivity index (χ0n) is 22.5. The van der Waals surface area contributed by atoms with E-state index in [9.17, 15) is 0 Å². The first-order valence-corrected chi connectivity index (χ1v) is 17.9. The molecular weight excluding hydrogens is 808 g/mol. The average Bonchev–Trinajstić information content (AvgIpc) is 2.74. The van der Waals surface area contributed by atoms with Crippen molar-refractivity contribution in [2.75, 3.05) is 52.9 Å². The Hall–Kier alpha value is -1.06. The molecule has 0 aliphatic carbocycles. The number of hydrogen-bond acceptors (Lipinski definition) is 19. The van der Waals surface area contributed by atoms with Crippen molar-refractivity contribution >= 4 is 62.4 Å². The molecule has 0 saturated carbocycles. The first-order valence-electron chi connectivity index (χ1n) is 9.49. The van der Waals surface area contributed by atoms with Gasteiger partial charge in [-0.1, -0.05) is 0 Å². The summed E-state index contributed by atoms with van der Waals surface area (Å²) in [6.07, 6.45) is 0. The Bertz CT molecular complexity index is 1080. The fourth-order valence-corrected chi connectivity index (χ4v) is 1.06. The highest BCUT2D eigenvalue weighted by molar-refractivity contribution is 7.81. The maximum Gasteiger partial charge on any atom is 0.394 e. The van der Waals surface area contributed by atoms with Crippen LogP contribution in [0.15, 0.2) is 0 Å². The van der Waals surface area contributed by atoms with Crippen LogP contribution >= 0.6 is 0 Å². The van der Waals surface area contributed by atoms with Crippen LogP contribution in [0.3, 0.4) is 0 Å². The van der Waals surface area contributed by atoms with E-state index < -0.39 is 113 Å². The Labute approximate surface area is 266 Å². The Balaban J connectivity index is -0.0000000884. The van der Waals surface area contributed by atoms with E-state index in [1.807, 2.05) is 0 Å². The molecule has 0 rings (SSSR count). The molecule has 0 amide bonds. The van der Waals surface area contributed by atoms with E-state index in [-0.39, 0.29) is 13.2 Å². The highest BCUT2D eigenvalue weighted by Gasteiger charge is 2.32. The molecule has 18 N–H and O–H groups in total. The fourth-order valence-electron chi connectivity index (χ4n) is 1.06. The largest absolute Gasteiger partial charge is 0.396 e. The first-order chi connectivity index (χ1) is 20.1. The third-order valence-electron chi connectivity index (χ3n) is 2.83. The molecule has 0 aromatic rings. The monoisotopic (exact) mass is 842 g/mol. The summed E-state index contributed by atoms with van der Waals surface area (Å²) in [5.41, 5.74) is -2.32. The fraction of sp³-hybridized carbons (Fsp3) is 1.00. The lowest BCUT2D eigenvalue weighted by Gasteiger charge is -2.31. The molecular formula is C10H34O31S6. The molecule has 37 heteroatoms. The molecule has 0 heterocycles. The molecule has 0 fully saturated rings. The standard InChI is InChI=1S/C10H22O7.6H2O4S/c11-1-9(2-12,3-13)7-17-8-10(4-14,5-15)6-16;6*1-5(2,3)4/h11-16H,1-8H2;6*(H2,1,2,3,4). The van der Waals surface area contributed by atoms with Crippen LogP contribution in [0.25, 0.3) is 0 Å². The second-order valence-corrected chi connectivity index (χ2v) is 12.5. The predicted octanol–water partition coefficient (Wildman–Crippen LogP) is -6.99. The van der Waals surface area contributed by atoms with Gasteiger partial charge in [-0.3, -0.25) is 54.6 Å². The molecule has 0 aliphatic rings. The van der Waals surface area contributed by atoms with Gasteiger partial charge in [-0.2, -0.15) is 50.5 Å². The van der Waals surface area contributed by atoms with Gasteiger partial charge in [0, 0.05) is 0 Å². The molecule has 0 spiro atoms. The Morgan fingerprint density at radius 2 is 0.383 bits per heavy atom. The minimum atomic E-state index is -4.67. The van der Waals surface area contributed by atoms with Crippen molar-refractivity contribution in [3.63, 3.8) is 0 Å². The highest BCUT2D eigenvalue weighted by Crippen LogP contribution is 2.19. The summed E-state index contributed by atoms with van der Waals surface area (Å²) < 4.78 is 195. The van der Waals surface area contributed by atoms with E-state index in [1.54, 1.807) is 0 Å². The first kappa shape index (κ1) is 61.2. The van der Waals surface area contributed by atoms with Crippen molar-refractivity contribution in [3.05, 3.63) is 0 Å². The quantitative estimate of drug-likeness (QED) is 0.0909. The molecule has 31 nitrogen and oxygen atoms in total. The van der Waals surface area contributed by atoms with Crippen LogP contribution in [0, 0.1) is 10.8 Å². The summed E-state index contributed by atoms with van der Waals surface area (Å²) in [6.45, 7) is -3.01. The number of ether oxygens (including phenoxy) is 1. The molecule has 0 unspecified atom stereocenters. The predicted molar refractivity (Wildman–Crippen MR) is 143 cm³/mol. The van der Waals surface area contributed by atoms with Crippen molar-refractivity contribution in [2.45, 2.75) is 0 Å². The molecule has 0 aromatic carbocycles. The molecule has 0 aromatic heterocycles. The van der Waals surface area contributed by atoms with Crippen molar-refractivity contribution in [1.82, 2.24) is 0 Å². The molecule has 47 heavy (non-hydrogen) atoms. The third kappa shape index (κ3) is 133. The van der Waals surface area contributed by atoms with Crippen molar-refractivity contribution in [3.8, 4) is 0 Å². The van der Waals surface area contributed by atoms with Crippen LogP contribution in [-0.4, -0.2) is 189 Å². The lowest BCUT2D eigenvalue weighted by atomic mass is 9.91. The lowest BCUT2D eigenvalue weighted by Crippen LogP contribution is -2.43. The van der Waals surface area contributed by atoms with Crippen LogP contribution < -0.4 is 0 Å². The van der Waals surface area contributed by atoms with E-state index in [4.69, 9.17) is 141 Å². The lowest BCUT2D eigenvalue weighted by molar-refractivity contribution is -0.103. The van der Waals surface area contributed by atoms with Gasteiger partial charge in [0.2, 0.25) is 0 Å². The summed E-state index contributed by atoms with van der Waals surface area (Å²) in [7, 11) is -28.0. The molecule has 0 atom stereocenters. The van der Waals surface area contributed by atoms with Gasteiger partial charge in [0.1, 0.15) is 0 Å². The van der Waals surface area contributed by atoms with E-state index in [0.29, 0.717) is 0 Å². The zero-order chi connectivity index (χ0) is 40.4. The minimum absolute atomic E-state index is 0.141. The van der Waals surface area contributed by atoms with E-state index in [1.165, 1.54) is 0 Å². The molecule has 0 aliphatic heterocycles. The zero-order valence-corrected chi connectivity index (χ0v) is 27.4. The topological polar surface area (TPSA) is 578 Å². The molecule has 0 saturated heterocycles. The van der Waals surface area contributed by atoms with Crippen LogP contribution in [0.2, 0.25) is 0 Å². The van der Waals surface area contributed by atoms with E-state index >= 15 is 0 Å². The molecule has 0 bridgehead atoms. The number of aliphatic hydroxyl groups is 6. The van der Waals surface area contributed by atoms with E-state index in [2.05, 4.69) is 0 Å². The van der Waals surface area contributed by atoms with Crippen LogP contribution in [0.1, 0.15) is 0 Å². The average molecular weight is 843 g/mol. The second-order valence-electron chi connectivity index (χ2n) is 7.13. The Morgan fingerprint density at radius 3 is 0.447 bits per heavy atom. The number of rotatable bonds is 10. The van der Waals surface area contributed by atoms with Gasteiger partial charge in [-0.05, 0) is 0 Å². The normalized spacial score (nSPS) is 12.1. The van der Waals surface area contributed by atoms with Crippen LogP contribution in [0.4, 0.5) is 0 Å². The minimum Gasteiger partial charge on any atom is -0.396 e. The highest BCUT2D eigenvalue weighted by atomic mass is 32.3. The van der Waals surface area contributed by atoms with Gasteiger partial charge in [0.05, 0.1) is 63.7 Å². The third-order valence-corrected chi connectivity index (χ3v) is 2.83. The Kier molecular flexibility index (Phi) is 36.1. The maximum atomic E-state index is 9.03. The van der Waals surface area contributed by atoms with Crippen molar-refractivity contribution in [2.24, 2.45) is 10.8 Å². The summed E-state index contributed by atoms with van der Waals surface area (Å²) in [4.78, 5) is 0. The van der Waals surface area contributed by atoms with E-state index in [0.717, 1.165) is 0 Å². The summed E-state index contributed by atoms with van der Waals surface area (Å²) in [5.74, 6) is 0. The summed E-state index contributed by atoms with van der Waals surface area (Å²) in [6, 6.07) is 0. The van der Waals surface area contributed by atoms with Gasteiger partial charge in [0.25, 0.3) is 0 Å². The van der Waals surface area contributed by atoms with Gasteiger partial charge in [-0.15, -0.1) is 0 Å². The van der Waals surface area contributed by atoms with Crippen LogP contribution in [-0.2, 0) is 67.1 Å². The summed E-state index contributed by atoms with van der Waals surface area (Å²) >= 11 is 0. The number of hydrogen-bond donors (Lipinski definition) is 18. The smallest absolute Gasteiger partial charge is 0.394 e. The van der Waals surface area contributed by atoms with Gasteiger partial charge >= 0.3 is 62.4 Å². The van der Waals surface area contributed by atoms with Crippen molar-refractivity contribution in [1.29, 1.82) is 0 Å². The summed E-state index contributed by atoms with van der Waals surface area (Å²) in [5, 5.41) is 54.2. The molecule has 296 valence electrons. The number of aliphatic hydroxyl groups excluding tert-OH is 6. The maximum absolute atomic E-state index is 9.03. The van der Waals surface area contributed by atoms with Gasteiger partial charge < -0.3 is 35.4 Å². The van der Waals surface area contributed by atoms with Gasteiger partial charge in [-0.25, -0.2) is 0 Å². The Morgan fingerprint density at radius 1 is 0.298 bits per heavy atom. The van der Waals surface area contributed by atoms with Crippen LogP contribution in [0.5, 0.6) is 0 Å². The molecule has 0 radical (unpaired) electrons. The van der Waals surface area contributed by atoms with Crippen molar-refractivity contribution < 1.29 is 141 Å². The van der Waals surface area contributed by atoms with Gasteiger partial charge in [0.15, 0.2) is 0 Å².